The van der Waals surface area contributed by atoms with Crippen LogP contribution in [0.15, 0.2) is 54.7 Å². The van der Waals surface area contributed by atoms with Crippen LogP contribution in [0.5, 0.6) is 11.5 Å². The molecule has 2 aromatic carbocycles. The second-order valence-corrected chi connectivity index (χ2v) is 5.88. The number of halogens is 1. The molecule has 1 aromatic heterocycles. The molecule has 0 aliphatic carbocycles. The summed E-state index contributed by atoms with van der Waals surface area (Å²) >= 11 is 2.12. The van der Waals surface area contributed by atoms with E-state index in [4.69, 9.17) is 0 Å². The molecular formula is C16H12IN3O2. The van der Waals surface area contributed by atoms with E-state index in [1.54, 1.807) is 42.6 Å². The van der Waals surface area contributed by atoms with Crippen molar-refractivity contribution in [2.24, 2.45) is 0 Å². The van der Waals surface area contributed by atoms with Gasteiger partial charge < -0.3 is 15.5 Å². The topological polar surface area (TPSA) is 78.3 Å². The highest BCUT2D eigenvalue weighted by Gasteiger charge is 2.05. The van der Waals surface area contributed by atoms with Crippen LogP contribution in [0.2, 0.25) is 0 Å². The van der Waals surface area contributed by atoms with Gasteiger partial charge in [0.05, 0.1) is 5.69 Å². The van der Waals surface area contributed by atoms with Gasteiger partial charge in [-0.1, -0.05) is 12.1 Å². The number of phenols is 2. The van der Waals surface area contributed by atoms with Gasteiger partial charge in [-0.2, -0.15) is 0 Å². The van der Waals surface area contributed by atoms with E-state index in [9.17, 15) is 10.2 Å². The van der Waals surface area contributed by atoms with E-state index in [2.05, 4.69) is 37.9 Å². The average molecular weight is 405 g/mol. The average Bonchev–Trinajstić information content (AvgIpc) is 2.46. The Kier molecular flexibility index (Phi) is 4.10. The number of anilines is 2. The Morgan fingerprint density at radius 3 is 2.59 bits per heavy atom. The predicted molar refractivity (Wildman–Crippen MR) is 93.2 cm³/mol. The molecule has 0 unspecified atom stereocenters. The lowest BCUT2D eigenvalue weighted by atomic mass is 10.1. The molecule has 22 heavy (non-hydrogen) atoms. The lowest BCUT2D eigenvalue weighted by Gasteiger charge is -2.08. The van der Waals surface area contributed by atoms with Crippen LogP contribution < -0.4 is 5.32 Å². The first-order chi connectivity index (χ1) is 10.6. The van der Waals surface area contributed by atoms with Crippen LogP contribution >= 0.6 is 22.6 Å². The molecule has 0 bridgehead atoms. The van der Waals surface area contributed by atoms with Crippen molar-refractivity contribution < 1.29 is 10.2 Å². The monoisotopic (exact) mass is 405 g/mol. The first kappa shape index (κ1) is 14.6. The van der Waals surface area contributed by atoms with Crippen LogP contribution in [0.25, 0.3) is 11.3 Å². The van der Waals surface area contributed by atoms with Crippen molar-refractivity contribution >= 4 is 34.2 Å². The molecule has 0 atom stereocenters. The summed E-state index contributed by atoms with van der Waals surface area (Å²) in [6.45, 7) is 0. The fourth-order valence-corrected chi connectivity index (χ4v) is 2.67. The summed E-state index contributed by atoms with van der Waals surface area (Å²) in [6.07, 6.45) is 1.64. The predicted octanol–water partition coefficient (Wildman–Crippen LogP) is 3.90. The summed E-state index contributed by atoms with van der Waals surface area (Å²) in [5.74, 6) is 0.786. The number of nitrogens with zero attached hydrogens (tertiary/aromatic N) is 2. The molecule has 3 aromatic rings. The third-order valence-electron chi connectivity index (χ3n) is 2.94. The lowest BCUT2D eigenvalue weighted by molar-refractivity contribution is 0.475. The van der Waals surface area contributed by atoms with E-state index in [0.29, 0.717) is 17.3 Å². The van der Waals surface area contributed by atoms with Crippen LogP contribution in [-0.2, 0) is 0 Å². The van der Waals surface area contributed by atoms with Gasteiger partial charge >= 0.3 is 0 Å². The minimum atomic E-state index is 0.179. The maximum absolute atomic E-state index is 9.62. The molecule has 0 fully saturated rings. The van der Waals surface area contributed by atoms with Crippen LogP contribution in [0.1, 0.15) is 0 Å². The Hall–Kier alpha value is -2.35. The van der Waals surface area contributed by atoms with Crippen molar-refractivity contribution in [3.8, 4) is 22.8 Å². The number of aromatic nitrogens is 2. The minimum Gasteiger partial charge on any atom is -0.508 e. The summed E-state index contributed by atoms with van der Waals surface area (Å²) in [5, 5.41) is 22.2. The molecule has 0 saturated heterocycles. The molecule has 3 rings (SSSR count). The molecule has 0 radical (unpaired) electrons. The third kappa shape index (κ3) is 3.45. The highest BCUT2D eigenvalue weighted by atomic mass is 127. The van der Waals surface area contributed by atoms with Gasteiger partial charge in [0.25, 0.3) is 0 Å². The number of hydrogen-bond acceptors (Lipinski definition) is 5. The van der Waals surface area contributed by atoms with E-state index >= 15 is 0 Å². The van der Waals surface area contributed by atoms with E-state index in [0.717, 1.165) is 9.13 Å². The third-order valence-corrected chi connectivity index (χ3v) is 3.56. The van der Waals surface area contributed by atoms with Crippen molar-refractivity contribution in [3.05, 3.63) is 58.3 Å². The van der Waals surface area contributed by atoms with Crippen molar-refractivity contribution in [1.29, 1.82) is 0 Å². The standard InChI is InChI=1S/C16H12IN3O2/c17-11-7-12(9-14(22)8-11)19-16-18-5-4-15(20-16)10-2-1-3-13(21)6-10/h1-9,21-22H,(H,18,19,20). The summed E-state index contributed by atoms with van der Waals surface area (Å²) in [4.78, 5) is 8.59. The molecule has 6 heteroatoms. The zero-order valence-corrected chi connectivity index (χ0v) is 13.5. The zero-order valence-electron chi connectivity index (χ0n) is 11.4. The van der Waals surface area contributed by atoms with Gasteiger partial charge in [-0.05, 0) is 52.9 Å². The maximum Gasteiger partial charge on any atom is 0.227 e. The Labute approximate surface area is 140 Å². The van der Waals surface area contributed by atoms with Gasteiger partial charge in [-0.25, -0.2) is 9.97 Å². The Morgan fingerprint density at radius 1 is 0.955 bits per heavy atom. The van der Waals surface area contributed by atoms with Gasteiger partial charge in [0, 0.05) is 27.1 Å². The van der Waals surface area contributed by atoms with Gasteiger partial charge in [0.1, 0.15) is 11.5 Å². The fraction of sp³-hybridized carbons (Fsp3) is 0. The molecule has 110 valence electrons. The van der Waals surface area contributed by atoms with E-state index in [-0.39, 0.29) is 11.5 Å². The van der Waals surface area contributed by atoms with Gasteiger partial charge in [0.2, 0.25) is 5.95 Å². The summed E-state index contributed by atoms with van der Waals surface area (Å²) < 4.78 is 0.907. The number of aromatic hydroxyl groups is 2. The summed E-state index contributed by atoms with van der Waals surface area (Å²) in [6, 6.07) is 13.8. The molecule has 3 N–H and O–H groups in total. The molecular weight excluding hydrogens is 393 g/mol. The number of phenolic OH excluding ortho intramolecular Hbond substituents is 2. The number of benzene rings is 2. The molecule has 5 nitrogen and oxygen atoms in total. The van der Waals surface area contributed by atoms with E-state index in [1.165, 1.54) is 0 Å². The molecule has 0 amide bonds. The molecule has 0 spiro atoms. The Bertz CT molecular complexity index is 804. The zero-order chi connectivity index (χ0) is 15.5. The number of hydrogen-bond donors (Lipinski definition) is 3. The van der Waals surface area contributed by atoms with Gasteiger partial charge in [-0.15, -0.1) is 0 Å². The van der Waals surface area contributed by atoms with Crippen LogP contribution in [0, 0.1) is 3.57 Å². The minimum absolute atomic E-state index is 0.179. The lowest BCUT2D eigenvalue weighted by Crippen LogP contribution is -1.98. The normalized spacial score (nSPS) is 10.4. The van der Waals surface area contributed by atoms with Gasteiger partial charge in [0.15, 0.2) is 0 Å². The second-order valence-electron chi connectivity index (χ2n) is 4.64. The fourth-order valence-electron chi connectivity index (χ4n) is 2.02. The first-order valence-electron chi connectivity index (χ1n) is 6.49. The second kappa shape index (κ2) is 6.18. The highest BCUT2D eigenvalue weighted by Crippen LogP contribution is 2.25. The van der Waals surface area contributed by atoms with Crippen LogP contribution in [0.4, 0.5) is 11.6 Å². The van der Waals surface area contributed by atoms with E-state index in [1.807, 2.05) is 12.1 Å². The highest BCUT2D eigenvalue weighted by molar-refractivity contribution is 14.1. The van der Waals surface area contributed by atoms with Crippen LogP contribution in [0.3, 0.4) is 0 Å². The Balaban J connectivity index is 1.91. The van der Waals surface area contributed by atoms with Crippen molar-refractivity contribution in [1.82, 2.24) is 9.97 Å². The largest absolute Gasteiger partial charge is 0.508 e. The smallest absolute Gasteiger partial charge is 0.227 e. The van der Waals surface area contributed by atoms with Crippen molar-refractivity contribution in [2.45, 2.75) is 0 Å². The molecule has 1 heterocycles. The van der Waals surface area contributed by atoms with E-state index < -0.39 is 0 Å². The number of nitrogens with one attached hydrogen (secondary N) is 1. The summed E-state index contributed by atoms with van der Waals surface area (Å²) in [5.41, 5.74) is 2.21. The SMILES string of the molecule is Oc1cc(I)cc(Nc2nccc(-c3cccc(O)c3)n2)c1. The quantitative estimate of drug-likeness (QED) is 0.577. The molecule has 0 aliphatic rings. The molecule has 0 aliphatic heterocycles. The van der Waals surface area contributed by atoms with Gasteiger partial charge in [-0.3, -0.25) is 0 Å². The molecule has 0 saturated carbocycles. The first-order valence-corrected chi connectivity index (χ1v) is 7.57. The maximum atomic E-state index is 9.62. The summed E-state index contributed by atoms with van der Waals surface area (Å²) in [7, 11) is 0. The Morgan fingerprint density at radius 2 is 1.82 bits per heavy atom. The number of rotatable bonds is 3. The van der Waals surface area contributed by atoms with Crippen molar-refractivity contribution in [3.63, 3.8) is 0 Å². The van der Waals surface area contributed by atoms with Crippen molar-refractivity contribution in [2.75, 3.05) is 5.32 Å². The van der Waals surface area contributed by atoms with Crippen LogP contribution in [-0.4, -0.2) is 20.2 Å².